The standard InChI is InChI=1S/C10H11FN2O4S/c11-9-5-8(13(14)15)1-2-10(9)12-7-3-4-18(16,17)6-7/h1-2,5,7,12H,3-4,6H2/t7-/m1/s1. The highest BCUT2D eigenvalue weighted by Gasteiger charge is 2.28. The monoisotopic (exact) mass is 274 g/mol. The second kappa shape index (κ2) is 4.52. The molecule has 1 saturated heterocycles. The van der Waals surface area contributed by atoms with Crippen molar-refractivity contribution in [3.63, 3.8) is 0 Å². The predicted molar refractivity (Wildman–Crippen MR) is 63.7 cm³/mol. The van der Waals surface area contributed by atoms with Gasteiger partial charge in [0.1, 0.15) is 0 Å². The van der Waals surface area contributed by atoms with E-state index in [1.807, 2.05) is 0 Å². The van der Waals surface area contributed by atoms with E-state index in [-0.39, 0.29) is 28.9 Å². The molecule has 18 heavy (non-hydrogen) atoms. The van der Waals surface area contributed by atoms with Crippen LogP contribution < -0.4 is 5.32 Å². The quantitative estimate of drug-likeness (QED) is 0.663. The SMILES string of the molecule is O=[N+]([O-])c1ccc(N[C@@H]2CCS(=O)(=O)C2)c(F)c1. The molecule has 1 heterocycles. The van der Waals surface area contributed by atoms with E-state index in [9.17, 15) is 22.9 Å². The molecule has 0 aliphatic carbocycles. The number of nitrogens with one attached hydrogen (secondary N) is 1. The summed E-state index contributed by atoms with van der Waals surface area (Å²) in [6, 6.07) is 2.89. The van der Waals surface area contributed by atoms with Crippen molar-refractivity contribution in [2.45, 2.75) is 12.5 Å². The molecule has 2 rings (SSSR count). The van der Waals surface area contributed by atoms with Crippen LogP contribution in [-0.2, 0) is 9.84 Å². The first-order valence-electron chi connectivity index (χ1n) is 5.28. The highest BCUT2D eigenvalue weighted by Crippen LogP contribution is 2.23. The van der Waals surface area contributed by atoms with E-state index in [0.29, 0.717) is 6.42 Å². The highest BCUT2D eigenvalue weighted by atomic mass is 32.2. The third-order valence-electron chi connectivity index (χ3n) is 2.76. The van der Waals surface area contributed by atoms with Gasteiger partial charge in [-0.1, -0.05) is 0 Å². The van der Waals surface area contributed by atoms with Gasteiger partial charge < -0.3 is 5.32 Å². The molecule has 1 N–H and O–H groups in total. The van der Waals surface area contributed by atoms with Gasteiger partial charge in [0, 0.05) is 12.1 Å². The van der Waals surface area contributed by atoms with Gasteiger partial charge in [-0.3, -0.25) is 10.1 Å². The lowest BCUT2D eigenvalue weighted by Crippen LogP contribution is -2.21. The number of hydrogen-bond donors (Lipinski definition) is 1. The fourth-order valence-corrected chi connectivity index (χ4v) is 3.54. The molecule has 1 aromatic rings. The molecule has 0 spiro atoms. The summed E-state index contributed by atoms with van der Waals surface area (Å²) in [6.07, 6.45) is 0.415. The van der Waals surface area contributed by atoms with Crippen molar-refractivity contribution in [3.8, 4) is 0 Å². The largest absolute Gasteiger partial charge is 0.379 e. The lowest BCUT2D eigenvalue weighted by molar-refractivity contribution is -0.385. The molecule has 0 saturated carbocycles. The van der Waals surface area contributed by atoms with E-state index < -0.39 is 20.6 Å². The van der Waals surface area contributed by atoms with Crippen LogP contribution in [0.1, 0.15) is 6.42 Å². The molecule has 1 atom stereocenters. The van der Waals surface area contributed by atoms with Gasteiger partial charge in [0.25, 0.3) is 5.69 Å². The third kappa shape index (κ3) is 2.76. The lowest BCUT2D eigenvalue weighted by atomic mass is 10.2. The lowest BCUT2D eigenvalue weighted by Gasteiger charge is -2.12. The number of nitro groups is 1. The third-order valence-corrected chi connectivity index (χ3v) is 4.52. The molecule has 0 radical (unpaired) electrons. The zero-order chi connectivity index (χ0) is 13.3. The van der Waals surface area contributed by atoms with E-state index in [1.54, 1.807) is 0 Å². The zero-order valence-corrected chi connectivity index (χ0v) is 10.1. The fourth-order valence-electron chi connectivity index (χ4n) is 1.86. The van der Waals surface area contributed by atoms with Crippen molar-refractivity contribution in [1.29, 1.82) is 0 Å². The average Bonchev–Trinajstić information content (AvgIpc) is 2.61. The molecular formula is C10H11FN2O4S. The number of hydrogen-bond acceptors (Lipinski definition) is 5. The minimum atomic E-state index is -3.04. The first kappa shape index (κ1) is 12.7. The van der Waals surface area contributed by atoms with Crippen molar-refractivity contribution in [2.75, 3.05) is 16.8 Å². The van der Waals surface area contributed by atoms with Crippen LogP contribution in [0.2, 0.25) is 0 Å². The molecule has 0 bridgehead atoms. The molecule has 0 unspecified atom stereocenters. The van der Waals surface area contributed by atoms with Crippen molar-refractivity contribution in [3.05, 3.63) is 34.1 Å². The van der Waals surface area contributed by atoms with E-state index in [4.69, 9.17) is 0 Å². The number of nitrogens with zero attached hydrogens (tertiary/aromatic N) is 1. The fraction of sp³-hybridized carbons (Fsp3) is 0.400. The summed E-state index contributed by atoms with van der Waals surface area (Å²) in [6.45, 7) is 0. The molecule has 1 aliphatic heterocycles. The van der Waals surface area contributed by atoms with E-state index in [2.05, 4.69) is 5.32 Å². The van der Waals surface area contributed by atoms with Crippen molar-refractivity contribution >= 4 is 21.2 Å². The van der Waals surface area contributed by atoms with Gasteiger partial charge in [-0.25, -0.2) is 12.8 Å². The van der Waals surface area contributed by atoms with Crippen LogP contribution in [0.5, 0.6) is 0 Å². The Labute approximate surface area is 103 Å². The molecule has 1 aromatic carbocycles. The van der Waals surface area contributed by atoms with Gasteiger partial charge in [0.05, 0.1) is 28.2 Å². The van der Waals surface area contributed by atoms with Crippen LogP contribution in [-0.4, -0.2) is 30.9 Å². The zero-order valence-electron chi connectivity index (χ0n) is 9.30. The molecule has 8 heteroatoms. The smallest absolute Gasteiger partial charge is 0.272 e. The topological polar surface area (TPSA) is 89.3 Å². The van der Waals surface area contributed by atoms with E-state index >= 15 is 0 Å². The Morgan fingerprint density at radius 3 is 2.67 bits per heavy atom. The summed E-state index contributed by atoms with van der Waals surface area (Å²) in [4.78, 5) is 9.75. The number of rotatable bonds is 3. The second-order valence-corrected chi connectivity index (χ2v) is 6.39. The molecule has 1 aliphatic rings. The minimum absolute atomic E-state index is 0.0383. The molecule has 0 amide bonds. The van der Waals surface area contributed by atoms with Gasteiger partial charge >= 0.3 is 0 Å². The number of benzene rings is 1. The Morgan fingerprint density at radius 1 is 1.44 bits per heavy atom. The molecule has 0 aromatic heterocycles. The normalized spacial score (nSPS) is 21.7. The first-order chi connectivity index (χ1) is 8.37. The van der Waals surface area contributed by atoms with Crippen LogP contribution >= 0.6 is 0 Å². The van der Waals surface area contributed by atoms with Crippen LogP contribution in [0.3, 0.4) is 0 Å². The Morgan fingerprint density at radius 2 is 2.17 bits per heavy atom. The highest BCUT2D eigenvalue weighted by molar-refractivity contribution is 7.91. The van der Waals surface area contributed by atoms with Crippen LogP contribution in [0, 0.1) is 15.9 Å². The van der Waals surface area contributed by atoms with Gasteiger partial charge in [-0.2, -0.15) is 0 Å². The van der Waals surface area contributed by atoms with Gasteiger partial charge in [-0.15, -0.1) is 0 Å². The Kier molecular flexibility index (Phi) is 3.20. The predicted octanol–water partition coefficient (Wildman–Crippen LogP) is 1.33. The molecular weight excluding hydrogens is 263 g/mol. The number of non-ortho nitro benzene ring substituents is 1. The number of halogens is 1. The summed E-state index contributed by atoms with van der Waals surface area (Å²) < 4.78 is 36.0. The molecule has 98 valence electrons. The Bertz CT molecular complexity index is 588. The summed E-state index contributed by atoms with van der Waals surface area (Å²) >= 11 is 0. The van der Waals surface area contributed by atoms with Gasteiger partial charge in [-0.05, 0) is 12.5 Å². The van der Waals surface area contributed by atoms with Crippen molar-refractivity contribution in [1.82, 2.24) is 0 Å². The van der Waals surface area contributed by atoms with Crippen molar-refractivity contribution < 1.29 is 17.7 Å². The average molecular weight is 274 g/mol. The summed E-state index contributed by atoms with van der Waals surface area (Å²) in [7, 11) is -3.04. The Hall–Kier alpha value is -1.70. The van der Waals surface area contributed by atoms with Gasteiger partial charge in [0.2, 0.25) is 0 Å². The summed E-state index contributed by atoms with van der Waals surface area (Å²) in [5.74, 6) is -0.712. The number of anilines is 1. The molecule has 6 nitrogen and oxygen atoms in total. The summed E-state index contributed by atoms with van der Waals surface area (Å²) in [5, 5.41) is 13.2. The molecule has 1 fully saturated rings. The van der Waals surface area contributed by atoms with E-state index in [0.717, 1.165) is 6.07 Å². The van der Waals surface area contributed by atoms with Crippen LogP contribution in [0.15, 0.2) is 18.2 Å². The van der Waals surface area contributed by atoms with E-state index in [1.165, 1.54) is 12.1 Å². The van der Waals surface area contributed by atoms with Crippen molar-refractivity contribution in [2.24, 2.45) is 0 Å². The summed E-state index contributed by atoms with van der Waals surface area (Å²) in [5.41, 5.74) is -0.250. The maximum absolute atomic E-state index is 13.5. The minimum Gasteiger partial charge on any atom is -0.379 e. The van der Waals surface area contributed by atoms with Crippen LogP contribution in [0.4, 0.5) is 15.8 Å². The first-order valence-corrected chi connectivity index (χ1v) is 7.10. The van der Waals surface area contributed by atoms with Gasteiger partial charge in [0.15, 0.2) is 15.7 Å². The maximum Gasteiger partial charge on any atom is 0.272 e. The maximum atomic E-state index is 13.5. The number of sulfone groups is 1. The second-order valence-electron chi connectivity index (χ2n) is 4.17. The number of nitro benzene ring substituents is 1. The Balaban J connectivity index is 2.13. The van der Waals surface area contributed by atoms with Crippen LogP contribution in [0.25, 0.3) is 0 Å².